The Bertz CT molecular complexity index is 414. The molecule has 1 rings (SSSR count). The van der Waals surface area contributed by atoms with Crippen LogP contribution in [0.5, 0.6) is 5.75 Å². The lowest BCUT2D eigenvalue weighted by atomic mass is 9.98. The number of Topliss-reactive ketones (excluding diaryl/α,β-unsaturated/α-hetero) is 1. The summed E-state index contributed by atoms with van der Waals surface area (Å²) in [6.45, 7) is 3.53. The number of aryl methyl sites for hydroxylation is 1. The number of rotatable bonds is 4. The number of phenolic OH excluding ortho intramolecular Hbond substituents is 1. The van der Waals surface area contributed by atoms with Gasteiger partial charge in [0.2, 0.25) is 0 Å². The van der Waals surface area contributed by atoms with Gasteiger partial charge in [-0.2, -0.15) is 0 Å². The van der Waals surface area contributed by atoms with Crippen molar-refractivity contribution >= 4 is 29.0 Å². The second kappa shape index (κ2) is 5.55. The molecule has 16 heavy (non-hydrogen) atoms. The summed E-state index contributed by atoms with van der Waals surface area (Å²) in [5.41, 5.74) is 1.73. The zero-order valence-electron chi connectivity index (χ0n) is 9.31. The Labute approximate surface area is 105 Å². The van der Waals surface area contributed by atoms with Crippen molar-refractivity contribution in [3.8, 4) is 5.75 Å². The van der Waals surface area contributed by atoms with Crippen LogP contribution in [0.3, 0.4) is 0 Å². The van der Waals surface area contributed by atoms with Crippen LogP contribution >= 0.6 is 23.2 Å². The quantitative estimate of drug-likeness (QED) is 0.660. The number of aromatic hydroxyl groups is 1. The number of carbonyl (C=O) groups excluding carboxylic acids is 1. The molecule has 0 fully saturated rings. The third-order valence-corrected chi connectivity index (χ3v) is 3.32. The van der Waals surface area contributed by atoms with Gasteiger partial charge in [-0.05, 0) is 37.5 Å². The van der Waals surface area contributed by atoms with Crippen molar-refractivity contribution < 1.29 is 9.90 Å². The molecule has 0 aliphatic rings. The number of carbonyl (C=O) groups is 1. The maximum atomic E-state index is 11.8. The first kappa shape index (κ1) is 13.3. The minimum absolute atomic E-state index is 0.000951. The molecular weight excluding hydrogens is 247 g/mol. The zero-order valence-corrected chi connectivity index (χ0v) is 10.8. The predicted octanol–water partition coefficient (Wildman–Crippen LogP) is 3.86. The van der Waals surface area contributed by atoms with E-state index in [1.54, 1.807) is 13.8 Å². The molecule has 0 unspecified atom stereocenters. The first-order valence-electron chi connectivity index (χ1n) is 5.06. The average Bonchev–Trinajstić information content (AvgIpc) is 2.23. The topological polar surface area (TPSA) is 37.3 Å². The predicted molar refractivity (Wildman–Crippen MR) is 66.9 cm³/mol. The molecule has 0 saturated carbocycles. The molecule has 0 bridgehead atoms. The van der Waals surface area contributed by atoms with Crippen LogP contribution in [0.2, 0.25) is 5.02 Å². The van der Waals surface area contributed by atoms with Crippen LogP contribution in [0.1, 0.15) is 34.3 Å². The lowest BCUT2D eigenvalue weighted by Crippen LogP contribution is -2.04. The molecule has 88 valence electrons. The fraction of sp³-hybridized carbons (Fsp3) is 0.417. The maximum absolute atomic E-state index is 11.8. The molecule has 0 saturated heterocycles. The smallest absolute Gasteiger partial charge is 0.166 e. The van der Waals surface area contributed by atoms with Gasteiger partial charge in [0.05, 0.1) is 5.56 Å². The van der Waals surface area contributed by atoms with Gasteiger partial charge >= 0.3 is 0 Å². The normalized spacial score (nSPS) is 10.5. The van der Waals surface area contributed by atoms with Crippen molar-refractivity contribution in [3.05, 3.63) is 27.8 Å². The molecule has 0 heterocycles. The van der Waals surface area contributed by atoms with Crippen molar-refractivity contribution in [2.75, 3.05) is 5.88 Å². The van der Waals surface area contributed by atoms with Gasteiger partial charge in [0.25, 0.3) is 0 Å². The molecule has 0 amide bonds. The minimum Gasteiger partial charge on any atom is -0.507 e. The third kappa shape index (κ3) is 2.69. The Morgan fingerprint density at radius 1 is 1.44 bits per heavy atom. The summed E-state index contributed by atoms with van der Waals surface area (Å²) >= 11 is 11.6. The van der Waals surface area contributed by atoms with E-state index in [1.807, 2.05) is 0 Å². The summed E-state index contributed by atoms with van der Waals surface area (Å²) in [6, 6.07) is 1.52. The molecule has 1 aromatic carbocycles. The van der Waals surface area contributed by atoms with Gasteiger partial charge in [-0.1, -0.05) is 11.6 Å². The average molecular weight is 261 g/mol. The van der Waals surface area contributed by atoms with Crippen LogP contribution in [0.25, 0.3) is 0 Å². The summed E-state index contributed by atoms with van der Waals surface area (Å²) in [7, 11) is 0. The fourth-order valence-electron chi connectivity index (χ4n) is 1.64. The van der Waals surface area contributed by atoms with Gasteiger partial charge in [-0.15, -0.1) is 11.6 Å². The number of benzene rings is 1. The highest BCUT2D eigenvalue weighted by molar-refractivity contribution is 6.32. The molecule has 1 N–H and O–H groups in total. The van der Waals surface area contributed by atoms with E-state index in [4.69, 9.17) is 23.2 Å². The van der Waals surface area contributed by atoms with Crippen LogP contribution in [-0.4, -0.2) is 16.8 Å². The van der Waals surface area contributed by atoms with Gasteiger partial charge < -0.3 is 5.11 Å². The summed E-state index contributed by atoms with van der Waals surface area (Å²) in [6.07, 6.45) is 0.933. The number of halogens is 2. The lowest BCUT2D eigenvalue weighted by molar-refractivity contribution is 0.0978. The van der Waals surface area contributed by atoms with E-state index in [-0.39, 0.29) is 11.5 Å². The second-order valence-corrected chi connectivity index (χ2v) is 4.50. The first-order chi connectivity index (χ1) is 7.49. The third-order valence-electron chi connectivity index (χ3n) is 2.48. The summed E-state index contributed by atoms with van der Waals surface area (Å²) in [5, 5.41) is 10.3. The van der Waals surface area contributed by atoms with Crippen molar-refractivity contribution in [1.29, 1.82) is 0 Å². The first-order valence-corrected chi connectivity index (χ1v) is 5.98. The molecule has 4 heteroatoms. The standard InChI is InChI=1S/C12H14Cl2O2/c1-7-6-10(16)11(8(2)12(7)14)9(15)4-3-5-13/h6,16H,3-5H2,1-2H3. The maximum Gasteiger partial charge on any atom is 0.166 e. The number of alkyl halides is 1. The Balaban J connectivity index is 3.13. The molecule has 0 aliphatic heterocycles. The molecular formula is C12H14Cl2O2. The highest BCUT2D eigenvalue weighted by Gasteiger charge is 2.17. The van der Waals surface area contributed by atoms with Gasteiger partial charge in [0, 0.05) is 17.3 Å². The number of phenols is 1. The van der Waals surface area contributed by atoms with Crippen LogP contribution in [0.4, 0.5) is 0 Å². The Kier molecular flexibility index (Phi) is 4.63. The summed E-state index contributed by atoms with van der Waals surface area (Å²) in [5.74, 6) is 0.321. The van der Waals surface area contributed by atoms with Gasteiger partial charge in [0.1, 0.15) is 5.75 Å². The van der Waals surface area contributed by atoms with E-state index in [1.165, 1.54) is 6.07 Å². The van der Waals surface area contributed by atoms with Crippen molar-refractivity contribution in [2.24, 2.45) is 0 Å². The van der Waals surface area contributed by atoms with Crippen molar-refractivity contribution in [3.63, 3.8) is 0 Å². The van der Waals surface area contributed by atoms with E-state index in [0.29, 0.717) is 34.9 Å². The van der Waals surface area contributed by atoms with Crippen LogP contribution in [0, 0.1) is 13.8 Å². The second-order valence-electron chi connectivity index (χ2n) is 3.74. The molecule has 0 radical (unpaired) electrons. The molecule has 1 aromatic rings. The number of ketones is 1. The molecule has 0 atom stereocenters. The van der Waals surface area contributed by atoms with E-state index in [0.717, 1.165) is 5.56 Å². The van der Waals surface area contributed by atoms with E-state index in [2.05, 4.69) is 0 Å². The van der Waals surface area contributed by atoms with E-state index >= 15 is 0 Å². The minimum atomic E-state index is -0.113. The Morgan fingerprint density at radius 3 is 2.62 bits per heavy atom. The van der Waals surface area contributed by atoms with Crippen molar-refractivity contribution in [1.82, 2.24) is 0 Å². The largest absolute Gasteiger partial charge is 0.507 e. The highest BCUT2D eigenvalue weighted by atomic mass is 35.5. The fourth-order valence-corrected chi connectivity index (χ4v) is 1.93. The van der Waals surface area contributed by atoms with E-state index in [9.17, 15) is 9.90 Å². The molecule has 0 spiro atoms. The molecule has 0 aromatic heterocycles. The van der Waals surface area contributed by atoms with Gasteiger partial charge in [-0.25, -0.2) is 0 Å². The Hall–Kier alpha value is -0.730. The SMILES string of the molecule is Cc1cc(O)c(C(=O)CCCCl)c(C)c1Cl. The van der Waals surface area contributed by atoms with Crippen LogP contribution in [0.15, 0.2) is 6.07 Å². The van der Waals surface area contributed by atoms with E-state index < -0.39 is 0 Å². The van der Waals surface area contributed by atoms with Crippen molar-refractivity contribution in [2.45, 2.75) is 26.7 Å². The number of hydrogen-bond donors (Lipinski definition) is 1. The Morgan fingerprint density at radius 2 is 2.06 bits per heavy atom. The zero-order chi connectivity index (χ0) is 12.3. The number of hydrogen-bond acceptors (Lipinski definition) is 2. The summed E-state index contributed by atoms with van der Waals surface area (Å²) < 4.78 is 0. The van der Waals surface area contributed by atoms with Gasteiger partial charge in [0.15, 0.2) is 5.78 Å². The molecule has 2 nitrogen and oxygen atoms in total. The van der Waals surface area contributed by atoms with Gasteiger partial charge in [-0.3, -0.25) is 4.79 Å². The monoisotopic (exact) mass is 260 g/mol. The molecule has 0 aliphatic carbocycles. The lowest BCUT2D eigenvalue weighted by Gasteiger charge is -2.11. The van der Waals surface area contributed by atoms with Crippen LogP contribution < -0.4 is 0 Å². The van der Waals surface area contributed by atoms with Crippen LogP contribution in [-0.2, 0) is 0 Å². The summed E-state index contributed by atoms with van der Waals surface area (Å²) in [4.78, 5) is 11.8. The highest BCUT2D eigenvalue weighted by Crippen LogP contribution is 2.31.